The third kappa shape index (κ3) is 26.0. The maximum absolute atomic E-state index is 5.71. The van der Waals surface area contributed by atoms with Crippen molar-refractivity contribution in [3.63, 3.8) is 0 Å². The molecule has 0 radical (unpaired) electrons. The maximum Gasteiger partial charge on any atom is 0.247 e. The van der Waals surface area contributed by atoms with Crippen LogP contribution in [0.4, 0.5) is 11.4 Å². The number of aliphatic imine (C=N–C) groups is 2. The molecule has 2 rings (SSSR count). The Morgan fingerprint density at radius 2 is 0.643 bits per heavy atom. The summed E-state index contributed by atoms with van der Waals surface area (Å²) in [5.74, 6) is 0. The van der Waals surface area contributed by atoms with Gasteiger partial charge in [0.05, 0.1) is 11.4 Å². The van der Waals surface area contributed by atoms with Crippen LogP contribution in [0.5, 0.6) is 0 Å². The van der Waals surface area contributed by atoms with Gasteiger partial charge in [-0.2, -0.15) is 0 Å². The molecule has 0 spiro atoms. The first-order chi connectivity index (χ1) is 19.1. The van der Waals surface area contributed by atoms with Crippen molar-refractivity contribution in [3.8, 4) is 0 Å². The van der Waals surface area contributed by atoms with Gasteiger partial charge in [0.1, 0.15) is 0 Å². The average molecular weight is 964 g/mol. The van der Waals surface area contributed by atoms with Gasteiger partial charge in [-0.05, 0) is 124 Å². The molecule has 22 heteroatoms. The summed E-state index contributed by atoms with van der Waals surface area (Å²) < 4.78 is -4.61. The molecular formula is C20H14Cl12N2S8. The van der Waals surface area contributed by atoms with Crippen molar-refractivity contribution in [2.75, 3.05) is 0 Å². The van der Waals surface area contributed by atoms with Crippen LogP contribution in [-0.4, -0.2) is 21.2 Å². The van der Waals surface area contributed by atoms with Crippen molar-refractivity contribution < 1.29 is 0 Å². The Kier molecular flexibility index (Phi) is 22.4. The van der Waals surface area contributed by atoms with Gasteiger partial charge in [0.2, 0.25) is 12.5 Å². The molecule has 0 fully saturated rings. The van der Waals surface area contributed by atoms with Crippen molar-refractivity contribution in [2.24, 2.45) is 9.98 Å². The minimum atomic E-state index is -1.45. The van der Waals surface area contributed by atoms with Crippen molar-refractivity contribution in [2.45, 2.75) is 26.3 Å². The zero-order valence-electron chi connectivity index (χ0n) is 20.3. The van der Waals surface area contributed by atoms with E-state index in [1.807, 2.05) is 62.4 Å². The normalized spacial score (nSPS) is 12.3. The van der Waals surface area contributed by atoms with Crippen LogP contribution in [0.1, 0.15) is 11.1 Å². The van der Waals surface area contributed by atoms with Gasteiger partial charge in [-0.1, -0.05) is 175 Å². The molecule has 0 heterocycles. The van der Waals surface area contributed by atoms with Gasteiger partial charge >= 0.3 is 0 Å². The molecule has 2 nitrogen and oxygen atoms in total. The van der Waals surface area contributed by atoms with E-state index in [2.05, 4.69) is 9.98 Å². The summed E-state index contributed by atoms with van der Waals surface area (Å²) in [6.45, 7) is 3.99. The van der Waals surface area contributed by atoms with E-state index in [1.165, 1.54) is 43.2 Å². The Morgan fingerprint density at radius 3 is 0.833 bits per heavy atom. The van der Waals surface area contributed by atoms with Crippen LogP contribution in [0.15, 0.2) is 58.5 Å². The molecule has 0 aromatic heterocycles. The second-order valence-electron chi connectivity index (χ2n) is 6.88. The Hall–Kier alpha value is 4.06. The Balaban J connectivity index is 0.000000420. The average Bonchev–Trinajstić information content (AvgIpc) is 2.83. The first-order valence-electron chi connectivity index (χ1n) is 10.1. The highest BCUT2D eigenvalue weighted by Crippen LogP contribution is 2.54. The monoisotopic (exact) mass is 958 g/mol. The van der Waals surface area contributed by atoms with Crippen molar-refractivity contribution in [3.05, 3.63) is 59.7 Å². The van der Waals surface area contributed by atoms with E-state index >= 15 is 0 Å². The topological polar surface area (TPSA) is 24.7 Å². The summed E-state index contributed by atoms with van der Waals surface area (Å²) >= 11 is 68.6. The SMILES string of the molecule is Cc1ccc(N=C(SSC(Cl)(Cl)Cl)SSC(Cl)(Cl)Cl)cc1.Cc1ccc(N=C(SSC(Cl)(Cl)Cl)SSC(Cl)(Cl)Cl)cc1. The van der Waals surface area contributed by atoms with E-state index in [-0.39, 0.29) is 0 Å². The van der Waals surface area contributed by atoms with Gasteiger partial charge in [-0.3, -0.25) is 0 Å². The second-order valence-corrected chi connectivity index (χ2v) is 28.5. The number of halogens is 12. The summed E-state index contributed by atoms with van der Waals surface area (Å²) in [6.07, 6.45) is 0. The fourth-order valence-electron chi connectivity index (χ4n) is 1.88. The molecule has 0 aliphatic carbocycles. The molecule has 0 atom stereocenters. The fraction of sp³-hybridized carbons (Fsp3) is 0.300. The lowest BCUT2D eigenvalue weighted by atomic mass is 10.2. The van der Waals surface area contributed by atoms with Crippen LogP contribution >= 0.6 is 226 Å². The minimum Gasteiger partial charge on any atom is -0.233 e. The minimum absolute atomic E-state index is 0.603. The maximum atomic E-state index is 5.71. The van der Waals surface area contributed by atoms with Crippen LogP contribution in [0.2, 0.25) is 0 Å². The molecule has 0 N–H and O–H groups in total. The van der Waals surface area contributed by atoms with E-state index in [9.17, 15) is 0 Å². The van der Waals surface area contributed by atoms with E-state index in [0.29, 0.717) is 8.75 Å². The van der Waals surface area contributed by atoms with E-state index in [0.717, 1.165) is 65.7 Å². The van der Waals surface area contributed by atoms with Gasteiger partial charge in [-0.25, -0.2) is 9.98 Å². The molecule has 2 aromatic carbocycles. The quantitative estimate of drug-likeness (QED) is 0.122. The summed E-state index contributed by atoms with van der Waals surface area (Å²) in [5, 5.41) is 0. The zero-order valence-corrected chi connectivity index (χ0v) is 35.9. The van der Waals surface area contributed by atoms with E-state index in [1.54, 1.807) is 0 Å². The van der Waals surface area contributed by atoms with Crippen LogP contribution in [0, 0.1) is 13.8 Å². The lowest BCUT2D eigenvalue weighted by Crippen LogP contribution is -1.94. The predicted octanol–water partition coefficient (Wildman–Crippen LogP) is 16.8. The fourth-order valence-corrected chi connectivity index (χ4v) is 12.4. The van der Waals surface area contributed by atoms with Crippen LogP contribution in [-0.2, 0) is 0 Å². The molecule has 236 valence electrons. The molecule has 0 amide bonds. The molecule has 0 saturated carbocycles. The number of aryl methyl sites for hydroxylation is 2. The number of hydrogen-bond acceptors (Lipinski definition) is 10. The summed E-state index contributed by atoms with van der Waals surface area (Å²) in [4.78, 5) is 8.91. The smallest absolute Gasteiger partial charge is 0.233 e. The number of alkyl halides is 12. The van der Waals surface area contributed by atoms with Crippen molar-refractivity contribution >= 4 is 246 Å². The highest BCUT2D eigenvalue weighted by Gasteiger charge is 2.27. The van der Waals surface area contributed by atoms with Gasteiger partial charge in [0, 0.05) is 0 Å². The summed E-state index contributed by atoms with van der Waals surface area (Å²) in [6, 6.07) is 15.4. The number of hydrogen-bond donors (Lipinski definition) is 0. The third-order valence-electron chi connectivity index (χ3n) is 3.34. The van der Waals surface area contributed by atoms with Crippen LogP contribution in [0.3, 0.4) is 0 Å². The summed E-state index contributed by atoms with van der Waals surface area (Å²) in [7, 11) is 8.95. The molecule has 0 bridgehead atoms. The Morgan fingerprint density at radius 1 is 0.429 bits per heavy atom. The van der Waals surface area contributed by atoms with Crippen LogP contribution < -0.4 is 0 Å². The molecular weight excluding hydrogens is 950 g/mol. The third-order valence-corrected chi connectivity index (χ3v) is 19.6. The van der Waals surface area contributed by atoms with Crippen molar-refractivity contribution in [1.82, 2.24) is 0 Å². The Bertz CT molecular complexity index is 1020. The molecule has 0 aliphatic heterocycles. The number of rotatable bonds is 6. The first kappa shape index (κ1) is 44.1. The zero-order chi connectivity index (χ0) is 32.2. The number of nitrogens with zero attached hydrogens (tertiary/aromatic N) is 2. The Labute approximate surface area is 336 Å². The lowest BCUT2D eigenvalue weighted by molar-refractivity contribution is 1.44. The molecule has 0 saturated heterocycles. The van der Waals surface area contributed by atoms with Crippen molar-refractivity contribution in [1.29, 1.82) is 0 Å². The summed E-state index contributed by atoms with van der Waals surface area (Å²) in [5.41, 5.74) is 3.82. The predicted molar refractivity (Wildman–Crippen MR) is 218 cm³/mol. The standard InChI is InChI=1S/2C10H7Cl6NS4/c2*1-6-2-4-7(5-3-6)17-8(18-20-9(11,12)13)19-21-10(14,15)16/h2*2-5H,1H3. The second kappa shape index (κ2) is 21.3. The lowest BCUT2D eigenvalue weighted by Gasteiger charge is -2.12. The molecule has 2 aromatic rings. The van der Waals surface area contributed by atoms with Gasteiger partial charge in [0.15, 0.2) is 8.75 Å². The molecule has 42 heavy (non-hydrogen) atoms. The van der Waals surface area contributed by atoms with Gasteiger partial charge in [0.25, 0.3) is 0 Å². The number of benzene rings is 2. The van der Waals surface area contributed by atoms with Gasteiger partial charge in [-0.15, -0.1) is 0 Å². The van der Waals surface area contributed by atoms with E-state index < -0.39 is 12.5 Å². The largest absolute Gasteiger partial charge is 0.247 e. The first-order valence-corrected chi connectivity index (χ1v) is 23.2. The van der Waals surface area contributed by atoms with E-state index in [4.69, 9.17) is 139 Å². The van der Waals surface area contributed by atoms with Crippen LogP contribution in [0.25, 0.3) is 0 Å². The molecule has 0 aliphatic rings. The highest BCUT2D eigenvalue weighted by atomic mass is 35.6. The molecule has 0 unspecified atom stereocenters. The van der Waals surface area contributed by atoms with Gasteiger partial charge < -0.3 is 0 Å². The highest BCUT2D eigenvalue weighted by molar-refractivity contribution is 8.97.